The van der Waals surface area contributed by atoms with Gasteiger partial charge >= 0.3 is 6.61 Å². The molecule has 7 heteroatoms. The molecule has 0 fully saturated rings. The molecule has 1 aromatic heterocycles. The van der Waals surface area contributed by atoms with Crippen LogP contribution in [-0.4, -0.2) is 11.6 Å². The Morgan fingerprint density at radius 2 is 2.05 bits per heavy atom. The van der Waals surface area contributed by atoms with E-state index in [1.54, 1.807) is 23.5 Å². The van der Waals surface area contributed by atoms with E-state index in [9.17, 15) is 8.78 Å². The van der Waals surface area contributed by atoms with Crippen molar-refractivity contribution in [2.45, 2.75) is 33.4 Å². The van der Waals surface area contributed by atoms with Gasteiger partial charge in [0.05, 0.1) is 21.8 Å². The van der Waals surface area contributed by atoms with E-state index in [1.165, 1.54) is 6.07 Å². The maximum absolute atomic E-state index is 12.2. The third-order valence-electron chi connectivity index (χ3n) is 2.88. The van der Waals surface area contributed by atoms with Gasteiger partial charge < -0.3 is 10.1 Å². The predicted octanol–water partition coefficient (Wildman–Crippen LogP) is 5.19. The van der Waals surface area contributed by atoms with Gasteiger partial charge in [0.2, 0.25) is 0 Å². The second-order valence-electron chi connectivity index (χ2n) is 4.56. The molecule has 0 bridgehead atoms. The molecule has 1 aromatic carbocycles. The van der Waals surface area contributed by atoms with Crippen LogP contribution in [0.2, 0.25) is 5.02 Å². The highest BCUT2D eigenvalue weighted by atomic mass is 35.5. The Morgan fingerprint density at radius 3 is 2.57 bits per heavy atom. The summed E-state index contributed by atoms with van der Waals surface area (Å²) in [7, 11) is 0. The molecule has 21 heavy (non-hydrogen) atoms. The van der Waals surface area contributed by atoms with Crippen LogP contribution in [0.15, 0.2) is 18.2 Å². The Hall–Kier alpha value is -1.40. The van der Waals surface area contributed by atoms with E-state index in [0.717, 1.165) is 21.3 Å². The lowest BCUT2D eigenvalue weighted by atomic mass is 10.2. The standard InChI is InChI=1S/C14H15ClF2N2OS/c1-7(13-8(2)21-9(3)19-13)18-10-4-5-12(11(15)6-10)20-14(16)17/h4-7,14,18H,1-3H3. The molecule has 0 spiro atoms. The molecule has 3 nitrogen and oxygen atoms in total. The first-order valence-corrected chi connectivity index (χ1v) is 7.51. The summed E-state index contributed by atoms with van der Waals surface area (Å²) in [4.78, 5) is 5.63. The number of hydrogen-bond donors (Lipinski definition) is 1. The van der Waals surface area contributed by atoms with E-state index in [1.807, 2.05) is 20.8 Å². The lowest BCUT2D eigenvalue weighted by Gasteiger charge is -2.15. The summed E-state index contributed by atoms with van der Waals surface area (Å²) in [6.07, 6.45) is 0. The van der Waals surface area contributed by atoms with Crippen molar-refractivity contribution in [1.82, 2.24) is 4.98 Å². The average Bonchev–Trinajstić information content (AvgIpc) is 2.71. The van der Waals surface area contributed by atoms with Gasteiger partial charge in [0.25, 0.3) is 0 Å². The molecular formula is C14H15ClF2N2OS. The molecule has 0 aliphatic carbocycles. The van der Waals surface area contributed by atoms with Crippen LogP contribution in [0, 0.1) is 13.8 Å². The number of benzene rings is 1. The van der Waals surface area contributed by atoms with Crippen molar-refractivity contribution >= 4 is 28.6 Å². The molecule has 0 aliphatic rings. The van der Waals surface area contributed by atoms with Gasteiger partial charge in [-0.1, -0.05) is 11.6 Å². The number of halogens is 3. The Morgan fingerprint density at radius 1 is 1.33 bits per heavy atom. The molecule has 0 aliphatic heterocycles. The summed E-state index contributed by atoms with van der Waals surface area (Å²) in [5, 5.41) is 4.40. The molecule has 0 saturated heterocycles. The van der Waals surface area contributed by atoms with E-state index < -0.39 is 6.61 Å². The van der Waals surface area contributed by atoms with Crippen LogP contribution < -0.4 is 10.1 Å². The van der Waals surface area contributed by atoms with Crippen LogP contribution >= 0.6 is 22.9 Å². The summed E-state index contributed by atoms with van der Waals surface area (Å²) in [5.74, 6) is -0.0365. The highest BCUT2D eigenvalue weighted by molar-refractivity contribution is 7.11. The quantitative estimate of drug-likeness (QED) is 0.818. The van der Waals surface area contributed by atoms with Crippen molar-refractivity contribution in [2.75, 3.05) is 5.32 Å². The maximum Gasteiger partial charge on any atom is 0.387 e. The summed E-state index contributed by atoms with van der Waals surface area (Å²) in [6.45, 7) is 3.08. The van der Waals surface area contributed by atoms with E-state index in [2.05, 4.69) is 15.0 Å². The van der Waals surface area contributed by atoms with Crippen LogP contribution in [0.5, 0.6) is 5.75 Å². The highest BCUT2D eigenvalue weighted by Crippen LogP contribution is 2.31. The van der Waals surface area contributed by atoms with Crippen LogP contribution in [0.4, 0.5) is 14.5 Å². The fourth-order valence-electron chi connectivity index (χ4n) is 2.05. The van der Waals surface area contributed by atoms with Crippen LogP contribution in [-0.2, 0) is 0 Å². The number of hydrogen-bond acceptors (Lipinski definition) is 4. The van der Waals surface area contributed by atoms with Gasteiger partial charge in [-0.3, -0.25) is 0 Å². The minimum Gasteiger partial charge on any atom is -0.433 e. The molecule has 2 aromatic rings. The zero-order valence-corrected chi connectivity index (χ0v) is 13.4. The number of ether oxygens (including phenoxy) is 1. The van der Waals surface area contributed by atoms with Gasteiger partial charge in [-0.15, -0.1) is 11.3 Å². The monoisotopic (exact) mass is 332 g/mol. The fourth-order valence-corrected chi connectivity index (χ4v) is 3.19. The smallest absolute Gasteiger partial charge is 0.387 e. The minimum absolute atomic E-state index is 0.00659. The molecule has 1 N–H and O–H groups in total. The number of thiazole rings is 1. The first kappa shape index (κ1) is 16.0. The van der Waals surface area contributed by atoms with Crippen LogP contribution in [0.1, 0.15) is 28.5 Å². The first-order valence-electron chi connectivity index (χ1n) is 6.31. The minimum atomic E-state index is -2.89. The molecule has 2 rings (SSSR count). The van der Waals surface area contributed by atoms with Crippen LogP contribution in [0.25, 0.3) is 0 Å². The number of aromatic nitrogens is 1. The zero-order valence-electron chi connectivity index (χ0n) is 11.8. The molecular weight excluding hydrogens is 318 g/mol. The molecule has 0 amide bonds. The maximum atomic E-state index is 12.2. The van der Waals surface area contributed by atoms with Crippen LogP contribution in [0.3, 0.4) is 0 Å². The van der Waals surface area contributed by atoms with E-state index in [0.29, 0.717) is 0 Å². The van der Waals surface area contributed by atoms with E-state index >= 15 is 0 Å². The Bertz CT molecular complexity index is 633. The summed E-state index contributed by atoms with van der Waals surface area (Å²) in [6, 6.07) is 4.62. The van der Waals surface area contributed by atoms with E-state index in [4.69, 9.17) is 11.6 Å². The Labute approximate surface area is 130 Å². The zero-order chi connectivity index (χ0) is 15.6. The van der Waals surface area contributed by atoms with Crippen molar-refractivity contribution in [3.8, 4) is 5.75 Å². The SMILES string of the molecule is Cc1nc(C(C)Nc2ccc(OC(F)F)c(Cl)c2)c(C)s1. The van der Waals surface area contributed by atoms with E-state index in [-0.39, 0.29) is 16.8 Å². The number of nitrogens with one attached hydrogen (secondary N) is 1. The number of nitrogens with zero attached hydrogens (tertiary/aromatic N) is 1. The molecule has 1 unspecified atom stereocenters. The predicted molar refractivity (Wildman–Crippen MR) is 81.7 cm³/mol. The summed E-state index contributed by atoms with van der Waals surface area (Å²) >= 11 is 7.57. The van der Waals surface area contributed by atoms with Gasteiger partial charge in [0, 0.05) is 10.6 Å². The number of anilines is 1. The second-order valence-corrected chi connectivity index (χ2v) is 6.38. The summed E-state index contributed by atoms with van der Waals surface area (Å²) in [5.41, 5.74) is 1.70. The topological polar surface area (TPSA) is 34.2 Å². The molecule has 1 heterocycles. The van der Waals surface area contributed by atoms with Crippen molar-refractivity contribution in [3.63, 3.8) is 0 Å². The fraction of sp³-hybridized carbons (Fsp3) is 0.357. The number of rotatable bonds is 5. The molecule has 0 radical (unpaired) electrons. The number of alkyl halides is 2. The first-order chi connectivity index (χ1) is 9.86. The Kier molecular flexibility index (Phi) is 5.00. The molecule has 114 valence electrons. The Balaban J connectivity index is 2.13. The van der Waals surface area contributed by atoms with Gasteiger partial charge in [-0.25, -0.2) is 4.98 Å². The van der Waals surface area contributed by atoms with Gasteiger partial charge in [0.1, 0.15) is 5.75 Å². The van der Waals surface area contributed by atoms with Gasteiger partial charge in [-0.2, -0.15) is 8.78 Å². The van der Waals surface area contributed by atoms with Gasteiger partial charge in [0.15, 0.2) is 0 Å². The summed E-state index contributed by atoms with van der Waals surface area (Å²) < 4.78 is 28.7. The normalized spacial score (nSPS) is 12.5. The average molecular weight is 333 g/mol. The third kappa shape index (κ3) is 4.04. The second kappa shape index (κ2) is 6.58. The third-order valence-corrected chi connectivity index (χ3v) is 4.08. The lowest BCUT2D eigenvalue weighted by molar-refractivity contribution is -0.0497. The van der Waals surface area contributed by atoms with Crippen molar-refractivity contribution in [3.05, 3.63) is 38.8 Å². The van der Waals surface area contributed by atoms with Gasteiger partial charge in [-0.05, 0) is 39.0 Å². The largest absolute Gasteiger partial charge is 0.433 e. The molecule has 0 saturated carbocycles. The van der Waals surface area contributed by atoms with Crippen molar-refractivity contribution < 1.29 is 13.5 Å². The lowest BCUT2D eigenvalue weighted by Crippen LogP contribution is -2.08. The highest BCUT2D eigenvalue weighted by Gasteiger charge is 2.14. The van der Waals surface area contributed by atoms with Crippen molar-refractivity contribution in [2.24, 2.45) is 0 Å². The van der Waals surface area contributed by atoms with Crippen molar-refractivity contribution in [1.29, 1.82) is 0 Å². The molecule has 1 atom stereocenters. The number of aryl methyl sites for hydroxylation is 2.